The van der Waals surface area contributed by atoms with Crippen LogP contribution in [0.3, 0.4) is 0 Å². The predicted molar refractivity (Wildman–Crippen MR) is 33.1 cm³/mol. The Bertz CT molecular complexity index is 373. The number of aromatic amines is 1. The Morgan fingerprint density at radius 3 is 3.18 bits per heavy atom. The van der Waals surface area contributed by atoms with Gasteiger partial charge in [0.05, 0.1) is 6.20 Å². The van der Waals surface area contributed by atoms with Gasteiger partial charge in [0.25, 0.3) is 5.71 Å². The lowest BCUT2D eigenvalue weighted by Gasteiger charge is -1.80. The summed E-state index contributed by atoms with van der Waals surface area (Å²) in [4.78, 5) is 16.4. The van der Waals surface area contributed by atoms with Crippen LogP contribution in [-0.2, 0) is 0 Å². The van der Waals surface area contributed by atoms with Gasteiger partial charge in [-0.3, -0.25) is 0 Å². The van der Waals surface area contributed by atoms with E-state index in [2.05, 4.69) is 19.6 Å². The van der Waals surface area contributed by atoms with Crippen molar-refractivity contribution >= 4 is 17.2 Å². The number of hydrogen-bond acceptors (Lipinski definition) is 4. The van der Waals surface area contributed by atoms with Gasteiger partial charge in [0.15, 0.2) is 0 Å². The van der Waals surface area contributed by atoms with Crippen LogP contribution in [0.25, 0.3) is 11.2 Å². The third kappa shape index (κ3) is 0.759. The molecule has 0 saturated heterocycles. The largest absolute Gasteiger partial charge is 0.475 e. The summed E-state index contributed by atoms with van der Waals surface area (Å²) >= 11 is 0. The molecule has 0 radical (unpaired) electrons. The maximum Gasteiger partial charge on any atom is 0.372 e. The lowest BCUT2D eigenvalue weighted by Crippen LogP contribution is -1.97. The second kappa shape index (κ2) is 1.82. The van der Waals surface area contributed by atoms with Crippen LogP contribution in [0.15, 0.2) is 10.7 Å². The van der Waals surface area contributed by atoms with Crippen LogP contribution in [0.1, 0.15) is 10.6 Å². The van der Waals surface area contributed by atoms with Gasteiger partial charge in [-0.25, -0.2) is 4.79 Å². The highest BCUT2D eigenvalue weighted by molar-refractivity contribution is 5.87. The molecule has 11 heavy (non-hydrogen) atoms. The molecule has 56 valence electrons. The van der Waals surface area contributed by atoms with Gasteiger partial charge < -0.3 is 14.6 Å². The number of H-pyrrole nitrogens is 1. The zero-order chi connectivity index (χ0) is 7.84. The molecule has 0 aromatic carbocycles. The van der Waals surface area contributed by atoms with Crippen molar-refractivity contribution in [1.82, 2.24) is 15.1 Å². The first-order valence-corrected chi connectivity index (χ1v) is 2.81. The smallest absolute Gasteiger partial charge is 0.372 e. The molecule has 6 nitrogen and oxygen atoms in total. The molecule has 0 aliphatic heterocycles. The van der Waals surface area contributed by atoms with E-state index in [4.69, 9.17) is 5.11 Å². The summed E-state index contributed by atoms with van der Waals surface area (Å²) in [5.74, 6) is -1.25. The second-order valence-corrected chi connectivity index (χ2v) is 1.94. The van der Waals surface area contributed by atoms with Crippen molar-refractivity contribution in [3.8, 4) is 0 Å². The number of hydrogen-bond donors (Lipinski definition) is 2. The van der Waals surface area contributed by atoms with Crippen LogP contribution in [0.5, 0.6) is 0 Å². The molecular formula is C5H3N3O3. The average Bonchev–Trinajstić information content (AvgIpc) is 2.40. The molecule has 6 heteroatoms. The standard InChI is InChI=1S/C5H3N3O3/c9-5(10)3-7-2-1-6-11-4(2)8-3/h1H,(H,7,8)(H,9,10). The summed E-state index contributed by atoms with van der Waals surface area (Å²) in [6, 6.07) is 0. The van der Waals surface area contributed by atoms with Gasteiger partial charge >= 0.3 is 5.97 Å². The zero-order valence-electron chi connectivity index (χ0n) is 5.24. The molecule has 2 aromatic rings. The van der Waals surface area contributed by atoms with Crippen LogP contribution in [0.4, 0.5) is 0 Å². The van der Waals surface area contributed by atoms with E-state index in [0.29, 0.717) is 5.52 Å². The molecule has 2 N–H and O–H groups in total. The molecular weight excluding hydrogens is 150 g/mol. The van der Waals surface area contributed by atoms with Crippen LogP contribution < -0.4 is 0 Å². The lowest BCUT2D eigenvalue weighted by molar-refractivity contribution is 0.0685. The molecule has 0 saturated carbocycles. The molecule has 0 bridgehead atoms. The van der Waals surface area contributed by atoms with E-state index < -0.39 is 5.97 Å². The molecule has 0 fully saturated rings. The van der Waals surface area contributed by atoms with Gasteiger partial charge in [-0.05, 0) is 0 Å². The molecule has 0 unspecified atom stereocenters. The molecule has 0 aliphatic rings. The topological polar surface area (TPSA) is 92.0 Å². The van der Waals surface area contributed by atoms with Crippen molar-refractivity contribution in [2.45, 2.75) is 0 Å². The van der Waals surface area contributed by atoms with Crippen molar-refractivity contribution in [2.75, 3.05) is 0 Å². The van der Waals surface area contributed by atoms with Crippen LogP contribution in [0, 0.1) is 0 Å². The van der Waals surface area contributed by atoms with Crippen molar-refractivity contribution < 1.29 is 14.4 Å². The summed E-state index contributed by atoms with van der Waals surface area (Å²) in [5, 5.41) is 11.8. The summed E-state index contributed by atoms with van der Waals surface area (Å²) in [7, 11) is 0. The summed E-state index contributed by atoms with van der Waals surface area (Å²) in [6.45, 7) is 0. The molecule has 0 aliphatic carbocycles. The third-order valence-electron chi connectivity index (χ3n) is 1.22. The highest BCUT2D eigenvalue weighted by Gasteiger charge is 2.11. The van der Waals surface area contributed by atoms with Gasteiger partial charge in [0, 0.05) is 0 Å². The second-order valence-electron chi connectivity index (χ2n) is 1.94. The van der Waals surface area contributed by atoms with Crippen LogP contribution in [-0.4, -0.2) is 26.2 Å². The molecule has 0 spiro atoms. The first-order valence-electron chi connectivity index (χ1n) is 2.81. The van der Waals surface area contributed by atoms with Crippen molar-refractivity contribution in [3.05, 3.63) is 12.0 Å². The lowest BCUT2D eigenvalue weighted by atomic mass is 10.6. The van der Waals surface area contributed by atoms with Gasteiger partial charge in [-0.1, -0.05) is 5.16 Å². The SMILES string of the molecule is O=C(O)c1nc2oncc2[nH]1. The first kappa shape index (κ1) is 5.90. The highest BCUT2D eigenvalue weighted by atomic mass is 16.5. The number of imidazole rings is 1. The normalized spacial score (nSPS) is 10.5. The molecule has 2 heterocycles. The Labute approximate surface area is 59.8 Å². The maximum atomic E-state index is 10.3. The van der Waals surface area contributed by atoms with E-state index >= 15 is 0 Å². The first-order chi connectivity index (χ1) is 5.27. The van der Waals surface area contributed by atoms with Crippen LogP contribution in [0.2, 0.25) is 0 Å². The van der Waals surface area contributed by atoms with E-state index in [1.165, 1.54) is 6.20 Å². The van der Waals surface area contributed by atoms with Gasteiger partial charge in [0.1, 0.15) is 5.52 Å². The predicted octanol–water partition coefficient (Wildman–Crippen LogP) is 0.249. The summed E-state index contributed by atoms with van der Waals surface area (Å²) in [5.41, 5.74) is 0.699. The van der Waals surface area contributed by atoms with E-state index in [9.17, 15) is 4.79 Å². The molecule has 0 atom stereocenters. The van der Waals surface area contributed by atoms with Crippen molar-refractivity contribution in [3.63, 3.8) is 0 Å². The number of carboxylic acid groups (broad SMARTS) is 1. The number of nitrogens with zero attached hydrogens (tertiary/aromatic N) is 2. The number of carbonyl (C=O) groups is 1. The number of fused-ring (bicyclic) bond motifs is 1. The summed E-state index contributed by atoms with van der Waals surface area (Å²) < 4.78 is 4.59. The van der Waals surface area contributed by atoms with E-state index in [1.807, 2.05) is 0 Å². The third-order valence-corrected chi connectivity index (χ3v) is 1.22. The summed E-state index contributed by atoms with van der Waals surface area (Å²) in [6.07, 6.45) is 1.37. The Kier molecular flexibility index (Phi) is 0.974. The quantitative estimate of drug-likeness (QED) is 0.612. The van der Waals surface area contributed by atoms with E-state index in [-0.39, 0.29) is 11.5 Å². The Morgan fingerprint density at radius 1 is 1.73 bits per heavy atom. The van der Waals surface area contributed by atoms with E-state index in [1.54, 1.807) is 0 Å². The van der Waals surface area contributed by atoms with Gasteiger partial charge in [-0.2, -0.15) is 4.98 Å². The Hall–Kier alpha value is -1.85. The monoisotopic (exact) mass is 153 g/mol. The fourth-order valence-electron chi connectivity index (χ4n) is 0.758. The number of aromatic nitrogens is 3. The highest BCUT2D eigenvalue weighted by Crippen LogP contribution is 2.08. The van der Waals surface area contributed by atoms with Crippen molar-refractivity contribution in [1.29, 1.82) is 0 Å². The molecule has 2 aromatic heterocycles. The van der Waals surface area contributed by atoms with Crippen LogP contribution >= 0.6 is 0 Å². The van der Waals surface area contributed by atoms with Crippen molar-refractivity contribution in [2.24, 2.45) is 0 Å². The number of carboxylic acids is 1. The molecule has 2 rings (SSSR count). The Morgan fingerprint density at radius 2 is 2.55 bits per heavy atom. The zero-order valence-corrected chi connectivity index (χ0v) is 5.24. The number of nitrogens with one attached hydrogen (secondary N) is 1. The Balaban J connectivity index is 2.67. The fraction of sp³-hybridized carbons (Fsp3) is 0. The average molecular weight is 153 g/mol. The minimum Gasteiger partial charge on any atom is -0.475 e. The maximum absolute atomic E-state index is 10.3. The van der Waals surface area contributed by atoms with Gasteiger partial charge in [-0.15, -0.1) is 0 Å². The number of rotatable bonds is 1. The minimum absolute atomic E-state index is 0.138. The fourth-order valence-corrected chi connectivity index (χ4v) is 0.758. The molecule has 0 amide bonds. The number of aromatic carboxylic acids is 1. The minimum atomic E-state index is -1.11. The van der Waals surface area contributed by atoms with E-state index in [0.717, 1.165) is 0 Å². The van der Waals surface area contributed by atoms with Gasteiger partial charge in [0.2, 0.25) is 5.82 Å².